The van der Waals surface area contributed by atoms with Gasteiger partial charge >= 0.3 is 0 Å². The molecule has 1 saturated carbocycles. The molecule has 1 heterocycles. The monoisotopic (exact) mass is 418 g/mol. The van der Waals surface area contributed by atoms with Gasteiger partial charge in [0.1, 0.15) is 17.7 Å². The maximum atomic E-state index is 14.8. The van der Waals surface area contributed by atoms with Crippen LogP contribution in [0.5, 0.6) is 5.75 Å². The van der Waals surface area contributed by atoms with Gasteiger partial charge in [0.2, 0.25) is 0 Å². The Balaban J connectivity index is 1.47. The highest BCUT2D eigenvalue weighted by atomic mass is 35.5. The largest absolute Gasteiger partial charge is 0.456 e. The normalized spacial score (nSPS) is 17.5. The number of allylic oxidation sites excluding steroid dienone is 2. The molecule has 4 rings (SSSR count). The predicted octanol–water partition coefficient (Wildman–Crippen LogP) is 6.53. The summed E-state index contributed by atoms with van der Waals surface area (Å²) in [4.78, 5) is 0. The summed E-state index contributed by atoms with van der Waals surface area (Å²) in [5.41, 5.74) is 5.72. The second kappa shape index (κ2) is 8.06. The highest BCUT2D eigenvalue weighted by Crippen LogP contribution is 2.41. The summed E-state index contributed by atoms with van der Waals surface area (Å²) < 4.78 is 20.9. The molecule has 1 aliphatic heterocycles. The Kier molecular flexibility index (Phi) is 5.51. The van der Waals surface area contributed by atoms with Crippen LogP contribution in [0.15, 0.2) is 66.2 Å². The highest BCUT2D eigenvalue weighted by molar-refractivity contribution is 6.35. The SMILES string of the molecule is CC1=CC(Oc2cccc(C3CC3)c2)=CN(CC(F)c2ccc(Cl)cc2Cl)N1. The lowest BCUT2D eigenvalue weighted by Crippen LogP contribution is -2.37. The Labute approximate surface area is 174 Å². The average Bonchev–Trinajstić information content (AvgIpc) is 3.46. The van der Waals surface area contributed by atoms with Crippen molar-refractivity contribution in [2.45, 2.75) is 31.9 Å². The summed E-state index contributed by atoms with van der Waals surface area (Å²) in [6.45, 7) is 1.99. The molecule has 1 atom stereocenters. The molecule has 1 N–H and O–H groups in total. The molecule has 28 heavy (non-hydrogen) atoms. The van der Waals surface area contributed by atoms with Gasteiger partial charge in [0.25, 0.3) is 0 Å². The van der Waals surface area contributed by atoms with Crippen molar-refractivity contribution in [2.75, 3.05) is 6.54 Å². The van der Waals surface area contributed by atoms with Crippen LogP contribution in [0.4, 0.5) is 4.39 Å². The zero-order valence-electron chi connectivity index (χ0n) is 15.5. The van der Waals surface area contributed by atoms with Gasteiger partial charge in [-0.25, -0.2) is 4.39 Å². The van der Waals surface area contributed by atoms with E-state index in [4.69, 9.17) is 27.9 Å². The summed E-state index contributed by atoms with van der Waals surface area (Å²) >= 11 is 12.0. The number of alkyl halides is 1. The van der Waals surface area contributed by atoms with Crippen LogP contribution in [0.3, 0.4) is 0 Å². The minimum atomic E-state index is -1.28. The van der Waals surface area contributed by atoms with Crippen LogP contribution >= 0.6 is 23.2 Å². The molecule has 0 saturated heterocycles. The van der Waals surface area contributed by atoms with Crippen molar-refractivity contribution >= 4 is 23.2 Å². The molecule has 0 spiro atoms. The second-order valence-corrected chi connectivity index (χ2v) is 8.05. The van der Waals surface area contributed by atoms with Gasteiger partial charge in [-0.05, 0) is 55.5 Å². The topological polar surface area (TPSA) is 24.5 Å². The molecule has 6 heteroatoms. The van der Waals surface area contributed by atoms with Gasteiger partial charge in [-0.3, -0.25) is 5.01 Å². The van der Waals surface area contributed by atoms with Crippen LogP contribution in [0.2, 0.25) is 10.0 Å². The first-order valence-electron chi connectivity index (χ1n) is 9.28. The Morgan fingerprint density at radius 2 is 2.04 bits per heavy atom. The lowest BCUT2D eigenvalue weighted by atomic mass is 10.1. The lowest BCUT2D eigenvalue weighted by molar-refractivity contribution is 0.197. The molecule has 0 radical (unpaired) electrons. The Bertz CT molecular complexity index is 940. The van der Waals surface area contributed by atoms with E-state index in [-0.39, 0.29) is 6.54 Å². The van der Waals surface area contributed by atoms with Crippen LogP contribution in [0.25, 0.3) is 0 Å². The maximum absolute atomic E-state index is 14.8. The Morgan fingerprint density at radius 1 is 1.21 bits per heavy atom. The number of rotatable bonds is 6. The van der Waals surface area contributed by atoms with E-state index in [1.807, 2.05) is 25.1 Å². The number of ether oxygens (including phenoxy) is 1. The Hall–Kier alpha value is -2.17. The fourth-order valence-electron chi connectivity index (χ4n) is 3.26. The minimum Gasteiger partial charge on any atom is -0.456 e. The summed E-state index contributed by atoms with van der Waals surface area (Å²) in [7, 11) is 0. The van der Waals surface area contributed by atoms with E-state index in [0.29, 0.717) is 27.3 Å². The van der Waals surface area contributed by atoms with Crippen molar-refractivity contribution in [1.29, 1.82) is 0 Å². The molecule has 0 amide bonds. The average molecular weight is 419 g/mol. The van der Waals surface area contributed by atoms with Crippen molar-refractivity contribution in [3.63, 3.8) is 0 Å². The van der Waals surface area contributed by atoms with Crippen LogP contribution in [-0.4, -0.2) is 11.6 Å². The molecule has 1 fully saturated rings. The van der Waals surface area contributed by atoms with E-state index in [1.165, 1.54) is 18.4 Å². The van der Waals surface area contributed by atoms with Crippen molar-refractivity contribution in [3.8, 4) is 5.75 Å². The number of hydrogen-bond donors (Lipinski definition) is 1. The van der Waals surface area contributed by atoms with Gasteiger partial charge in [-0.1, -0.05) is 41.4 Å². The number of halogens is 3. The molecule has 1 unspecified atom stereocenters. The summed E-state index contributed by atoms with van der Waals surface area (Å²) in [6.07, 6.45) is 4.86. The lowest BCUT2D eigenvalue weighted by Gasteiger charge is -2.29. The number of hydrogen-bond acceptors (Lipinski definition) is 3. The molecular weight excluding hydrogens is 398 g/mol. The van der Waals surface area contributed by atoms with Crippen molar-refractivity contribution in [3.05, 3.63) is 87.4 Å². The smallest absolute Gasteiger partial charge is 0.146 e. The van der Waals surface area contributed by atoms with Gasteiger partial charge in [-0.2, -0.15) is 0 Å². The molecule has 2 aliphatic rings. The van der Waals surface area contributed by atoms with Gasteiger partial charge in [-0.15, -0.1) is 0 Å². The van der Waals surface area contributed by atoms with E-state index in [1.54, 1.807) is 29.4 Å². The van der Waals surface area contributed by atoms with Crippen LogP contribution in [0.1, 0.15) is 43.0 Å². The number of nitrogens with one attached hydrogen (secondary N) is 1. The van der Waals surface area contributed by atoms with Gasteiger partial charge in [0.15, 0.2) is 0 Å². The first kappa shape index (κ1) is 19.2. The second-order valence-electron chi connectivity index (χ2n) is 7.21. The molecule has 146 valence electrons. The third-order valence-electron chi connectivity index (χ3n) is 4.76. The van der Waals surface area contributed by atoms with Gasteiger partial charge < -0.3 is 10.2 Å². The Morgan fingerprint density at radius 3 is 2.79 bits per heavy atom. The third kappa shape index (κ3) is 4.62. The molecule has 0 bridgehead atoms. The fourth-order valence-corrected chi connectivity index (χ4v) is 3.79. The van der Waals surface area contributed by atoms with Crippen molar-refractivity contribution in [2.24, 2.45) is 0 Å². The van der Waals surface area contributed by atoms with E-state index in [9.17, 15) is 4.39 Å². The van der Waals surface area contributed by atoms with Crippen LogP contribution < -0.4 is 10.2 Å². The molecule has 2 aromatic rings. The summed E-state index contributed by atoms with van der Waals surface area (Å²) in [5, 5.41) is 2.48. The predicted molar refractivity (Wildman–Crippen MR) is 111 cm³/mol. The van der Waals surface area contributed by atoms with Crippen molar-refractivity contribution in [1.82, 2.24) is 10.4 Å². The molecule has 1 aliphatic carbocycles. The first-order chi connectivity index (χ1) is 13.5. The number of benzene rings is 2. The zero-order chi connectivity index (χ0) is 19.7. The zero-order valence-corrected chi connectivity index (χ0v) is 17.0. The quantitative estimate of drug-likeness (QED) is 0.577. The summed E-state index contributed by atoms with van der Waals surface area (Å²) in [6, 6.07) is 13.0. The molecule has 2 aromatic carbocycles. The van der Waals surface area contributed by atoms with Crippen molar-refractivity contribution < 1.29 is 9.13 Å². The third-order valence-corrected chi connectivity index (χ3v) is 5.32. The minimum absolute atomic E-state index is 0.0848. The van der Waals surface area contributed by atoms with Crippen LogP contribution in [-0.2, 0) is 0 Å². The fraction of sp³-hybridized carbons (Fsp3) is 0.273. The van der Waals surface area contributed by atoms with E-state index in [0.717, 1.165) is 11.4 Å². The molecular formula is C22H21Cl2FN2O. The first-order valence-corrected chi connectivity index (χ1v) is 10.0. The van der Waals surface area contributed by atoms with E-state index < -0.39 is 6.17 Å². The number of hydrazine groups is 1. The van der Waals surface area contributed by atoms with E-state index in [2.05, 4.69) is 17.6 Å². The maximum Gasteiger partial charge on any atom is 0.146 e. The molecule has 0 aromatic heterocycles. The van der Waals surface area contributed by atoms with E-state index >= 15 is 0 Å². The standard InChI is InChI=1S/C22H21Cl2FN2O/c1-14-9-19(28-18-4-2-3-16(10-18)15-5-6-15)12-27(26-14)13-22(25)20-8-7-17(23)11-21(20)24/h2-4,7-12,15,22,26H,5-6,13H2,1H3. The summed E-state index contributed by atoms with van der Waals surface area (Å²) in [5.74, 6) is 2.11. The number of nitrogens with zero attached hydrogens (tertiary/aromatic N) is 1. The van der Waals surface area contributed by atoms with Gasteiger partial charge in [0.05, 0.1) is 12.7 Å². The highest BCUT2D eigenvalue weighted by Gasteiger charge is 2.24. The van der Waals surface area contributed by atoms with Gasteiger partial charge in [0, 0.05) is 27.4 Å². The molecule has 3 nitrogen and oxygen atoms in total. The van der Waals surface area contributed by atoms with Crippen LogP contribution in [0, 0.1) is 0 Å².